The minimum atomic E-state index is -3.68. The van der Waals surface area contributed by atoms with Crippen LogP contribution < -0.4 is 14.8 Å². The van der Waals surface area contributed by atoms with E-state index in [0.717, 1.165) is 10.9 Å². The SMILES string of the molecule is [B]CCn1c(C(C)(C)C)cc2cc(NC(=O)C3(c4ccc5c(c4)OC(F)(F)O5)CC3)ccc21. The first-order valence-corrected chi connectivity index (χ1v) is 11.1. The van der Waals surface area contributed by atoms with Gasteiger partial charge in [0.05, 0.1) is 13.3 Å². The quantitative estimate of drug-likeness (QED) is 0.521. The van der Waals surface area contributed by atoms with Crippen molar-refractivity contribution in [3.05, 3.63) is 53.7 Å². The van der Waals surface area contributed by atoms with E-state index < -0.39 is 11.7 Å². The summed E-state index contributed by atoms with van der Waals surface area (Å²) in [5.74, 6) is -0.235. The zero-order chi connectivity index (χ0) is 23.6. The molecule has 1 aromatic heterocycles. The van der Waals surface area contributed by atoms with Gasteiger partial charge in [-0.3, -0.25) is 4.79 Å². The summed E-state index contributed by atoms with van der Waals surface area (Å²) in [7, 11) is 5.84. The molecule has 1 amide bonds. The van der Waals surface area contributed by atoms with E-state index in [1.54, 1.807) is 6.07 Å². The molecule has 0 bridgehead atoms. The van der Waals surface area contributed by atoms with Gasteiger partial charge in [-0.05, 0) is 54.8 Å². The highest BCUT2D eigenvalue weighted by molar-refractivity contribution is 6.08. The van der Waals surface area contributed by atoms with Crippen molar-refractivity contribution in [3.63, 3.8) is 0 Å². The maximum atomic E-state index is 13.4. The molecule has 3 aromatic rings. The number of carbonyl (C=O) groups is 1. The number of hydrogen-bond donors (Lipinski definition) is 1. The average Bonchev–Trinajstić information content (AvgIpc) is 3.37. The Kier molecular flexibility index (Phi) is 4.78. The third-order valence-corrected chi connectivity index (χ3v) is 6.42. The van der Waals surface area contributed by atoms with Gasteiger partial charge in [-0.1, -0.05) is 33.2 Å². The molecule has 5 rings (SSSR count). The molecule has 0 unspecified atom stereocenters. The maximum Gasteiger partial charge on any atom is 0.586 e. The third kappa shape index (κ3) is 3.75. The second-order valence-corrected chi connectivity index (χ2v) is 9.86. The molecule has 33 heavy (non-hydrogen) atoms. The van der Waals surface area contributed by atoms with Gasteiger partial charge in [0.1, 0.15) is 0 Å². The Morgan fingerprint density at radius 3 is 2.48 bits per heavy atom. The van der Waals surface area contributed by atoms with Crippen LogP contribution in [0.5, 0.6) is 11.5 Å². The summed E-state index contributed by atoms with van der Waals surface area (Å²) in [5, 5.41) is 4.05. The van der Waals surface area contributed by atoms with E-state index >= 15 is 0 Å². The van der Waals surface area contributed by atoms with Crippen LogP contribution in [0.3, 0.4) is 0 Å². The second-order valence-electron chi connectivity index (χ2n) is 9.86. The fraction of sp³-hybridized carbons (Fsp3) is 0.400. The summed E-state index contributed by atoms with van der Waals surface area (Å²) in [6.45, 7) is 7.20. The fourth-order valence-corrected chi connectivity index (χ4v) is 4.61. The largest absolute Gasteiger partial charge is 0.586 e. The van der Waals surface area contributed by atoms with E-state index in [1.807, 2.05) is 18.2 Å². The highest BCUT2D eigenvalue weighted by Gasteiger charge is 2.52. The van der Waals surface area contributed by atoms with Crippen LogP contribution in [-0.4, -0.2) is 24.6 Å². The number of fused-ring (bicyclic) bond motifs is 2. The summed E-state index contributed by atoms with van der Waals surface area (Å²) in [6.07, 6.45) is -1.87. The third-order valence-electron chi connectivity index (χ3n) is 6.42. The number of nitrogens with zero attached hydrogens (tertiary/aromatic N) is 1. The lowest BCUT2D eigenvalue weighted by atomic mass is 9.91. The molecule has 0 spiro atoms. The van der Waals surface area contributed by atoms with E-state index in [4.69, 9.17) is 7.85 Å². The Balaban J connectivity index is 1.42. The fourth-order valence-electron chi connectivity index (χ4n) is 4.61. The molecule has 2 heterocycles. The standard InChI is InChI=1S/C25H25BF2N2O3/c1-23(2,3)21-13-15-12-17(5-6-18(15)30(21)11-10-26)29-22(31)24(8-9-24)16-4-7-19-20(14-16)33-25(27,28)32-19/h4-7,12-14H,8-11H2,1-3H3,(H,29,31). The van der Waals surface area contributed by atoms with Gasteiger partial charge in [-0.15, -0.1) is 8.78 Å². The van der Waals surface area contributed by atoms with Crippen molar-refractivity contribution in [2.75, 3.05) is 5.32 Å². The summed E-state index contributed by atoms with van der Waals surface area (Å²) in [5.41, 5.74) is 2.78. The van der Waals surface area contributed by atoms with E-state index in [1.165, 1.54) is 17.8 Å². The van der Waals surface area contributed by atoms with Crippen LogP contribution in [0.15, 0.2) is 42.5 Å². The lowest BCUT2D eigenvalue weighted by molar-refractivity contribution is -0.286. The Bertz CT molecular complexity index is 1260. The van der Waals surface area contributed by atoms with Gasteiger partial charge in [-0.25, -0.2) is 0 Å². The first kappa shape index (κ1) is 21.8. The number of halogens is 2. The Hall–Kier alpha value is -3.03. The minimum absolute atomic E-state index is 0.0259. The maximum absolute atomic E-state index is 13.4. The molecule has 0 atom stereocenters. The van der Waals surface area contributed by atoms with E-state index in [9.17, 15) is 13.6 Å². The number of rotatable bonds is 5. The molecule has 1 N–H and O–H groups in total. The molecule has 5 nitrogen and oxygen atoms in total. The first-order valence-electron chi connectivity index (χ1n) is 11.1. The molecular formula is C25H25BF2N2O3. The predicted molar refractivity (Wildman–Crippen MR) is 123 cm³/mol. The van der Waals surface area contributed by atoms with Crippen LogP contribution in [-0.2, 0) is 22.2 Å². The minimum Gasteiger partial charge on any atom is -0.395 e. The average molecular weight is 450 g/mol. The smallest absolute Gasteiger partial charge is 0.395 e. The van der Waals surface area contributed by atoms with Crippen molar-refractivity contribution in [2.45, 2.75) is 63.6 Å². The van der Waals surface area contributed by atoms with Crippen molar-refractivity contribution in [3.8, 4) is 11.5 Å². The topological polar surface area (TPSA) is 52.5 Å². The zero-order valence-electron chi connectivity index (χ0n) is 18.9. The van der Waals surface area contributed by atoms with E-state index in [2.05, 4.69) is 46.2 Å². The molecule has 2 aromatic carbocycles. The predicted octanol–water partition coefficient (Wildman–Crippen LogP) is 5.52. The van der Waals surface area contributed by atoms with Crippen molar-refractivity contribution >= 4 is 30.3 Å². The monoisotopic (exact) mass is 450 g/mol. The summed E-state index contributed by atoms with van der Waals surface area (Å²) < 4.78 is 38.0. The lowest BCUT2D eigenvalue weighted by Gasteiger charge is -2.22. The Morgan fingerprint density at radius 1 is 1.09 bits per heavy atom. The molecule has 0 saturated heterocycles. The van der Waals surface area contributed by atoms with E-state index in [-0.39, 0.29) is 22.8 Å². The number of hydrogen-bond acceptors (Lipinski definition) is 3. The highest BCUT2D eigenvalue weighted by atomic mass is 19.3. The van der Waals surface area contributed by atoms with Crippen LogP contribution in [0.25, 0.3) is 10.9 Å². The number of aromatic nitrogens is 1. The highest BCUT2D eigenvalue weighted by Crippen LogP contribution is 2.52. The van der Waals surface area contributed by atoms with Crippen LogP contribution in [0, 0.1) is 0 Å². The van der Waals surface area contributed by atoms with Gasteiger partial charge < -0.3 is 19.4 Å². The Morgan fingerprint density at radius 2 is 1.82 bits per heavy atom. The van der Waals surface area contributed by atoms with Gasteiger partial charge in [0, 0.05) is 34.2 Å². The van der Waals surface area contributed by atoms with Crippen molar-refractivity contribution in [2.24, 2.45) is 0 Å². The molecule has 1 aliphatic heterocycles. The molecule has 2 aliphatic rings. The normalized spacial score (nSPS) is 17.8. The first-order chi connectivity index (χ1) is 15.5. The molecule has 1 saturated carbocycles. The van der Waals surface area contributed by atoms with Crippen molar-refractivity contribution in [1.29, 1.82) is 0 Å². The Labute approximate surface area is 192 Å². The number of nitrogens with one attached hydrogen (secondary N) is 1. The molecular weight excluding hydrogens is 425 g/mol. The second kappa shape index (κ2) is 7.24. The molecule has 2 radical (unpaired) electrons. The van der Waals surface area contributed by atoms with Gasteiger partial charge in [0.2, 0.25) is 5.91 Å². The van der Waals surface area contributed by atoms with Gasteiger partial charge in [0.15, 0.2) is 11.5 Å². The molecule has 170 valence electrons. The number of amides is 1. The number of benzene rings is 2. The number of aryl methyl sites for hydroxylation is 1. The van der Waals surface area contributed by atoms with Crippen molar-refractivity contribution in [1.82, 2.24) is 4.57 Å². The van der Waals surface area contributed by atoms with Crippen LogP contribution in [0.4, 0.5) is 14.5 Å². The molecule has 8 heteroatoms. The summed E-state index contributed by atoms with van der Waals surface area (Å²) >= 11 is 0. The van der Waals surface area contributed by atoms with Gasteiger partial charge in [0.25, 0.3) is 0 Å². The summed E-state index contributed by atoms with van der Waals surface area (Å²) in [4.78, 5) is 13.2. The zero-order valence-corrected chi connectivity index (χ0v) is 18.9. The number of carbonyl (C=O) groups excluding carboxylic acids is 1. The van der Waals surface area contributed by atoms with Crippen LogP contribution in [0.2, 0.25) is 6.32 Å². The van der Waals surface area contributed by atoms with Gasteiger partial charge >= 0.3 is 6.29 Å². The van der Waals surface area contributed by atoms with Crippen LogP contribution >= 0.6 is 0 Å². The van der Waals surface area contributed by atoms with Gasteiger partial charge in [-0.2, -0.15) is 0 Å². The number of ether oxygens (including phenoxy) is 2. The molecule has 1 aliphatic carbocycles. The molecule has 1 fully saturated rings. The lowest BCUT2D eigenvalue weighted by Crippen LogP contribution is -2.27. The van der Waals surface area contributed by atoms with E-state index in [0.29, 0.717) is 37.0 Å². The number of anilines is 1. The van der Waals surface area contributed by atoms with Crippen molar-refractivity contribution < 1.29 is 23.0 Å². The van der Waals surface area contributed by atoms with Crippen LogP contribution in [0.1, 0.15) is 44.9 Å². The number of alkyl halides is 2. The summed E-state index contributed by atoms with van der Waals surface area (Å²) in [6, 6.07) is 12.6.